The molecule has 0 aliphatic carbocycles. The molecular weight excluding hydrogens is 386 g/mol. The maximum Gasteiger partial charge on any atom is 0.271 e. The lowest BCUT2D eigenvalue weighted by Gasteiger charge is -2.09. The van der Waals surface area contributed by atoms with Gasteiger partial charge in [0.25, 0.3) is 17.5 Å². The van der Waals surface area contributed by atoms with Gasteiger partial charge in [-0.3, -0.25) is 30.6 Å². The average molecular weight is 398 g/mol. The van der Waals surface area contributed by atoms with Crippen LogP contribution in [0.3, 0.4) is 0 Å². The van der Waals surface area contributed by atoms with Gasteiger partial charge in [-0.15, -0.1) is 0 Å². The molecule has 2 N–H and O–H groups in total. The number of sulfone groups is 1. The van der Waals surface area contributed by atoms with Crippen molar-refractivity contribution < 1.29 is 22.9 Å². The second kappa shape index (κ2) is 7.50. The molecule has 0 fully saturated rings. The zero-order chi connectivity index (χ0) is 19.5. The molecule has 11 heteroatoms. The summed E-state index contributed by atoms with van der Waals surface area (Å²) < 4.78 is 23.3. The van der Waals surface area contributed by atoms with Gasteiger partial charge in [-0.1, -0.05) is 23.7 Å². The number of benzene rings is 2. The molecule has 0 spiro atoms. The number of non-ortho nitro benzene ring substituents is 1. The van der Waals surface area contributed by atoms with E-state index in [0.29, 0.717) is 0 Å². The van der Waals surface area contributed by atoms with E-state index in [1.807, 2.05) is 0 Å². The highest BCUT2D eigenvalue weighted by atomic mass is 35.5. The van der Waals surface area contributed by atoms with E-state index in [0.717, 1.165) is 24.5 Å². The van der Waals surface area contributed by atoms with Crippen molar-refractivity contribution in [2.75, 3.05) is 6.26 Å². The van der Waals surface area contributed by atoms with Gasteiger partial charge in [0.05, 0.1) is 20.4 Å². The predicted molar refractivity (Wildman–Crippen MR) is 92.6 cm³/mol. The van der Waals surface area contributed by atoms with Gasteiger partial charge in [0.15, 0.2) is 9.84 Å². The fourth-order valence-electron chi connectivity index (χ4n) is 1.93. The number of carbonyl (C=O) groups is 2. The van der Waals surface area contributed by atoms with Crippen LogP contribution < -0.4 is 10.9 Å². The standard InChI is InChI=1S/C15H12ClN3O6S/c1-26(24,25)11-7-9(6-10(8-11)19(22)23)14(20)17-18-15(21)12-4-2-3-5-13(12)16/h2-8H,1H3,(H,17,20)(H,18,21). The fraction of sp³-hybridized carbons (Fsp3) is 0.0667. The topological polar surface area (TPSA) is 135 Å². The Labute approximate surface area is 153 Å². The van der Waals surface area contributed by atoms with Crippen molar-refractivity contribution in [1.29, 1.82) is 0 Å². The van der Waals surface area contributed by atoms with Crippen LogP contribution in [0.2, 0.25) is 5.02 Å². The van der Waals surface area contributed by atoms with Crippen molar-refractivity contribution in [3.05, 3.63) is 68.7 Å². The van der Waals surface area contributed by atoms with Crippen molar-refractivity contribution >= 4 is 38.9 Å². The van der Waals surface area contributed by atoms with E-state index >= 15 is 0 Å². The largest absolute Gasteiger partial charge is 0.271 e. The molecular formula is C15H12ClN3O6S. The van der Waals surface area contributed by atoms with Crippen molar-refractivity contribution in [3.63, 3.8) is 0 Å². The Kier molecular flexibility index (Phi) is 5.58. The van der Waals surface area contributed by atoms with Crippen LogP contribution in [0.5, 0.6) is 0 Å². The first-order valence-electron chi connectivity index (χ1n) is 6.94. The average Bonchev–Trinajstić information content (AvgIpc) is 2.58. The van der Waals surface area contributed by atoms with E-state index in [4.69, 9.17) is 11.6 Å². The molecule has 136 valence electrons. The lowest BCUT2D eigenvalue weighted by atomic mass is 10.2. The van der Waals surface area contributed by atoms with Gasteiger partial charge in [-0.25, -0.2) is 8.42 Å². The van der Waals surface area contributed by atoms with Gasteiger partial charge in [-0.05, 0) is 18.2 Å². The van der Waals surface area contributed by atoms with Crippen molar-refractivity contribution in [3.8, 4) is 0 Å². The zero-order valence-electron chi connectivity index (χ0n) is 13.2. The molecule has 0 heterocycles. The van der Waals surface area contributed by atoms with Gasteiger partial charge < -0.3 is 0 Å². The number of halogens is 1. The number of rotatable bonds is 4. The summed E-state index contributed by atoms with van der Waals surface area (Å²) in [5.41, 5.74) is 3.38. The number of nitro benzene ring substituents is 1. The van der Waals surface area contributed by atoms with Crippen LogP contribution in [-0.2, 0) is 9.84 Å². The van der Waals surface area contributed by atoms with Gasteiger partial charge in [-0.2, -0.15) is 0 Å². The molecule has 0 aliphatic rings. The third-order valence-corrected chi connectivity index (χ3v) is 4.62. The summed E-state index contributed by atoms with van der Waals surface area (Å²) in [4.78, 5) is 33.8. The molecule has 2 aromatic rings. The summed E-state index contributed by atoms with van der Waals surface area (Å²) in [6.45, 7) is 0. The first kappa shape index (κ1) is 19.3. The molecule has 0 radical (unpaired) electrons. The van der Waals surface area contributed by atoms with Crippen LogP contribution >= 0.6 is 11.6 Å². The molecule has 0 atom stereocenters. The Bertz CT molecular complexity index is 1010. The Morgan fingerprint density at radius 2 is 1.69 bits per heavy atom. The molecule has 0 aliphatic heterocycles. The second-order valence-corrected chi connectivity index (χ2v) is 7.56. The molecule has 0 aromatic heterocycles. The number of hydrogen-bond donors (Lipinski definition) is 2. The van der Waals surface area contributed by atoms with E-state index < -0.39 is 37.2 Å². The number of nitrogens with zero attached hydrogens (tertiary/aromatic N) is 1. The van der Waals surface area contributed by atoms with Crippen molar-refractivity contribution in [2.24, 2.45) is 0 Å². The maximum absolute atomic E-state index is 12.1. The number of amides is 2. The Morgan fingerprint density at radius 1 is 1.08 bits per heavy atom. The van der Waals surface area contributed by atoms with E-state index in [1.165, 1.54) is 12.1 Å². The van der Waals surface area contributed by atoms with Crippen LogP contribution in [-0.4, -0.2) is 31.4 Å². The Balaban J connectivity index is 2.24. The van der Waals surface area contributed by atoms with Crippen LogP contribution in [0.4, 0.5) is 5.69 Å². The van der Waals surface area contributed by atoms with Crippen LogP contribution in [0.15, 0.2) is 47.4 Å². The predicted octanol–water partition coefficient (Wildman–Crippen LogP) is 1.73. The monoisotopic (exact) mass is 397 g/mol. The van der Waals surface area contributed by atoms with Crippen molar-refractivity contribution in [2.45, 2.75) is 4.90 Å². The summed E-state index contributed by atoms with van der Waals surface area (Å²) in [5, 5.41) is 11.1. The van der Waals surface area contributed by atoms with Crippen molar-refractivity contribution in [1.82, 2.24) is 10.9 Å². The summed E-state index contributed by atoms with van der Waals surface area (Å²) in [6, 6.07) is 8.81. The summed E-state index contributed by atoms with van der Waals surface area (Å²) in [7, 11) is -3.78. The molecule has 9 nitrogen and oxygen atoms in total. The molecule has 2 aromatic carbocycles. The minimum absolute atomic E-state index is 0.102. The lowest BCUT2D eigenvalue weighted by molar-refractivity contribution is -0.385. The minimum Gasteiger partial charge on any atom is -0.267 e. The Morgan fingerprint density at radius 3 is 2.27 bits per heavy atom. The first-order chi connectivity index (χ1) is 12.1. The normalized spacial score (nSPS) is 10.8. The van der Waals surface area contributed by atoms with E-state index in [2.05, 4.69) is 10.9 Å². The highest BCUT2D eigenvalue weighted by Gasteiger charge is 2.19. The summed E-state index contributed by atoms with van der Waals surface area (Å²) >= 11 is 5.86. The van der Waals surface area contributed by atoms with Gasteiger partial charge in [0.1, 0.15) is 0 Å². The number of hydrogen-bond acceptors (Lipinski definition) is 6. The smallest absolute Gasteiger partial charge is 0.267 e. The third kappa shape index (κ3) is 4.55. The fourth-order valence-corrected chi connectivity index (χ4v) is 2.83. The van der Waals surface area contributed by atoms with Gasteiger partial charge in [0, 0.05) is 24.0 Å². The molecule has 0 unspecified atom stereocenters. The Hall–Kier alpha value is -2.98. The second-order valence-electron chi connectivity index (χ2n) is 5.13. The molecule has 0 bridgehead atoms. The molecule has 0 saturated carbocycles. The van der Waals surface area contributed by atoms with Gasteiger partial charge in [0.2, 0.25) is 0 Å². The third-order valence-electron chi connectivity index (χ3n) is 3.20. The summed E-state index contributed by atoms with van der Waals surface area (Å²) in [5.74, 6) is -1.64. The minimum atomic E-state index is -3.78. The number of hydrazine groups is 1. The van der Waals surface area contributed by atoms with E-state index in [1.54, 1.807) is 12.1 Å². The lowest BCUT2D eigenvalue weighted by Crippen LogP contribution is -2.41. The summed E-state index contributed by atoms with van der Waals surface area (Å²) in [6.07, 6.45) is 0.854. The van der Waals surface area contributed by atoms with E-state index in [-0.39, 0.29) is 16.1 Å². The maximum atomic E-state index is 12.1. The molecule has 26 heavy (non-hydrogen) atoms. The van der Waals surface area contributed by atoms with E-state index in [9.17, 15) is 28.1 Å². The SMILES string of the molecule is CS(=O)(=O)c1cc(C(=O)NNC(=O)c2ccccc2Cl)cc([N+](=O)[O-])c1. The molecule has 0 saturated heterocycles. The van der Waals surface area contributed by atoms with Gasteiger partial charge >= 0.3 is 0 Å². The zero-order valence-corrected chi connectivity index (χ0v) is 14.8. The highest BCUT2D eigenvalue weighted by Crippen LogP contribution is 2.21. The highest BCUT2D eigenvalue weighted by molar-refractivity contribution is 7.90. The number of nitrogens with one attached hydrogen (secondary N) is 2. The molecule has 2 rings (SSSR count). The number of carbonyl (C=O) groups excluding carboxylic acids is 2. The quantitative estimate of drug-likeness (QED) is 0.595. The van der Waals surface area contributed by atoms with Crippen LogP contribution in [0, 0.1) is 10.1 Å². The first-order valence-corrected chi connectivity index (χ1v) is 9.21. The molecule has 2 amide bonds. The number of nitro groups is 1. The van der Waals surface area contributed by atoms with Crippen LogP contribution in [0.25, 0.3) is 0 Å². The van der Waals surface area contributed by atoms with Crippen LogP contribution in [0.1, 0.15) is 20.7 Å².